The van der Waals surface area contributed by atoms with E-state index in [1.807, 2.05) is 0 Å². The fourth-order valence-corrected chi connectivity index (χ4v) is 2.22. The predicted molar refractivity (Wildman–Crippen MR) is 86.3 cm³/mol. The van der Waals surface area contributed by atoms with Gasteiger partial charge in [0.15, 0.2) is 5.82 Å². The highest BCUT2D eigenvalue weighted by molar-refractivity contribution is 6.32. The van der Waals surface area contributed by atoms with Crippen LogP contribution >= 0.6 is 24.0 Å². The van der Waals surface area contributed by atoms with Crippen LogP contribution in [0, 0.1) is 0 Å². The molecule has 0 bridgehead atoms. The number of nitrogens with two attached hydrogens (primary N) is 1. The van der Waals surface area contributed by atoms with Crippen molar-refractivity contribution in [1.29, 1.82) is 0 Å². The minimum absolute atomic E-state index is 0. The molecule has 0 aliphatic heterocycles. The summed E-state index contributed by atoms with van der Waals surface area (Å²) >= 11 is 5.95. The third-order valence-electron chi connectivity index (χ3n) is 3.07. The molecular weight excluding hydrogens is 366 g/mol. The first-order chi connectivity index (χ1) is 10.9. The summed E-state index contributed by atoms with van der Waals surface area (Å²) in [5, 5.41) is 3.89. The monoisotopic (exact) mass is 375 g/mol. The second-order valence-corrected chi connectivity index (χ2v) is 5.05. The molecule has 0 amide bonds. The van der Waals surface area contributed by atoms with Crippen LogP contribution in [0.1, 0.15) is 5.56 Å². The number of halogens is 5. The fraction of sp³-hybridized carbons (Fsp3) is 0.0714. The van der Waals surface area contributed by atoms with Gasteiger partial charge in [0.1, 0.15) is 12.0 Å². The molecule has 0 saturated carbocycles. The van der Waals surface area contributed by atoms with Crippen molar-refractivity contribution >= 4 is 29.7 Å². The molecule has 0 radical (unpaired) electrons. The molecule has 2 aromatic heterocycles. The summed E-state index contributed by atoms with van der Waals surface area (Å²) in [6.45, 7) is 0. The molecule has 0 spiro atoms. The van der Waals surface area contributed by atoms with Gasteiger partial charge in [0, 0.05) is 11.9 Å². The van der Waals surface area contributed by atoms with Crippen molar-refractivity contribution in [3.8, 4) is 17.2 Å². The van der Waals surface area contributed by atoms with Crippen LogP contribution < -0.4 is 5.73 Å². The molecule has 2 heterocycles. The number of hydrogen-bond donors (Lipinski definition) is 1. The van der Waals surface area contributed by atoms with E-state index >= 15 is 0 Å². The van der Waals surface area contributed by atoms with Crippen LogP contribution in [0.4, 0.5) is 18.9 Å². The van der Waals surface area contributed by atoms with E-state index in [9.17, 15) is 13.2 Å². The maximum atomic E-state index is 12.7. The van der Waals surface area contributed by atoms with Crippen molar-refractivity contribution < 1.29 is 13.2 Å². The first kappa shape index (κ1) is 18.0. The lowest BCUT2D eigenvalue weighted by Crippen LogP contribution is -2.07. The van der Waals surface area contributed by atoms with E-state index in [0.717, 1.165) is 6.07 Å². The minimum Gasteiger partial charge on any atom is -0.399 e. The van der Waals surface area contributed by atoms with Crippen molar-refractivity contribution in [2.45, 2.75) is 6.18 Å². The predicted octanol–water partition coefficient (Wildman–Crippen LogP) is 4.01. The summed E-state index contributed by atoms with van der Waals surface area (Å²) in [4.78, 5) is 7.82. The van der Waals surface area contributed by atoms with Gasteiger partial charge in [0.25, 0.3) is 0 Å². The van der Waals surface area contributed by atoms with Gasteiger partial charge in [-0.25, -0.2) is 9.67 Å². The zero-order valence-electron chi connectivity index (χ0n) is 11.8. The molecule has 0 atom stereocenters. The molecule has 10 heteroatoms. The molecule has 0 unspecified atom stereocenters. The summed E-state index contributed by atoms with van der Waals surface area (Å²) in [6.07, 6.45) is -2.54. The van der Waals surface area contributed by atoms with Crippen LogP contribution in [0.15, 0.2) is 42.9 Å². The molecule has 1 aromatic carbocycles. The van der Waals surface area contributed by atoms with Gasteiger partial charge >= 0.3 is 6.18 Å². The highest BCUT2D eigenvalue weighted by atomic mass is 35.5. The Morgan fingerprint density at radius 1 is 1.08 bits per heavy atom. The van der Waals surface area contributed by atoms with E-state index in [2.05, 4.69) is 15.1 Å². The Labute approximate surface area is 145 Å². The maximum Gasteiger partial charge on any atom is 0.417 e. The first-order valence-corrected chi connectivity index (χ1v) is 6.73. The van der Waals surface area contributed by atoms with Crippen LogP contribution in [-0.4, -0.2) is 19.7 Å². The summed E-state index contributed by atoms with van der Waals surface area (Å²) in [7, 11) is 0. The number of alkyl halides is 3. The van der Waals surface area contributed by atoms with Crippen molar-refractivity contribution in [2.24, 2.45) is 0 Å². The summed E-state index contributed by atoms with van der Waals surface area (Å²) < 4.78 is 39.5. The number of aromatic nitrogens is 4. The molecule has 0 aliphatic carbocycles. The molecule has 5 nitrogen and oxygen atoms in total. The lowest BCUT2D eigenvalue weighted by atomic mass is 10.2. The van der Waals surface area contributed by atoms with Crippen LogP contribution in [0.5, 0.6) is 0 Å². The highest BCUT2D eigenvalue weighted by Gasteiger charge is 2.32. The third-order valence-corrected chi connectivity index (χ3v) is 3.35. The van der Waals surface area contributed by atoms with Crippen LogP contribution in [0.3, 0.4) is 0 Å². The maximum absolute atomic E-state index is 12.7. The van der Waals surface area contributed by atoms with Gasteiger partial charge < -0.3 is 5.73 Å². The second-order valence-electron chi connectivity index (χ2n) is 4.64. The van der Waals surface area contributed by atoms with Crippen LogP contribution in [-0.2, 0) is 6.18 Å². The molecule has 24 heavy (non-hydrogen) atoms. The zero-order valence-corrected chi connectivity index (χ0v) is 13.4. The highest BCUT2D eigenvalue weighted by Crippen LogP contribution is 2.33. The van der Waals surface area contributed by atoms with E-state index < -0.39 is 11.7 Å². The summed E-state index contributed by atoms with van der Waals surface area (Å²) in [5.41, 5.74) is 6.00. The van der Waals surface area contributed by atoms with Gasteiger partial charge in [-0.15, -0.1) is 12.4 Å². The van der Waals surface area contributed by atoms with Gasteiger partial charge in [-0.3, -0.25) is 4.98 Å². The zero-order chi connectivity index (χ0) is 16.6. The number of rotatable bonds is 2. The SMILES string of the molecule is Cl.Nc1ccc(-n2ncnc2-c2ncc(C(F)(F)F)cc2Cl)cc1. The van der Waals surface area contributed by atoms with Crippen molar-refractivity contribution in [1.82, 2.24) is 19.7 Å². The largest absolute Gasteiger partial charge is 0.417 e. The Bertz CT molecular complexity index is 846. The van der Waals surface area contributed by atoms with Crippen LogP contribution in [0.25, 0.3) is 17.2 Å². The normalized spacial score (nSPS) is 11.2. The molecule has 0 aliphatic rings. The number of nitrogens with zero attached hydrogens (tertiary/aromatic N) is 4. The number of anilines is 1. The molecule has 126 valence electrons. The Balaban J connectivity index is 0.00000208. The van der Waals surface area contributed by atoms with E-state index in [0.29, 0.717) is 17.6 Å². The smallest absolute Gasteiger partial charge is 0.399 e. The van der Waals surface area contributed by atoms with E-state index in [-0.39, 0.29) is 28.9 Å². The number of benzene rings is 1. The first-order valence-electron chi connectivity index (χ1n) is 6.35. The van der Waals surface area contributed by atoms with Crippen molar-refractivity contribution in [3.63, 3.8) is 0 Å². The third kappa shape index (κ3) is 3.44. The van der Waals surface area contributed by atoms with E-state index in [1.54, 1.807) is 24.3 Å². The molecular formula is C14H10Cl2F3N5. The van der Waals surface area contributed by atoms with Gasteiger partial charge in [-0.05, 0) is 30.3 Å². The quantitative estimate of drug-likeness (QED) is 0.687. The van der Waals surface area contributed by atoms with Gasteiger partial charge in [0.2, 0.25) is 0 Å². The lowest BCUT2D eigenvalue weighted by molar-refractivity contribution is -0.137. The Morgan fingerprint density at radius 3 is 2.33 bits per heavy atom. The van der Waals surface area contributed by atoms with Crippen LogP contribution in [0.2, 0.25) is 5.02 Å². The molecule has 0 fully saturated rings. The fourth-order valence-electron chi connectivity index (χ4n) is 1.96. The van der Waals surface area contributed by atoms with E-state index in [4.69, 9.17) is 17.3 Å². The Morgan fingerprint density at radius 2 is 1.75 bits per heavy atom. The number of nitrogen functional groups attached to an aromatic ring is 1. The average Bonchev–Trinajstić information content (AvgIpc) is 2.96. The Hall–Kier alpha value is -2.32. The Kier molecular flexibility index (Phi) is 5.00. The van der Waals surface area contributed by atoms with E-state index in [1.165, 1.54) is 11.0 Å². The summed E-state index contributed by atoms with van der Waals surface area (Å²) in [5.74, 6) is 0.230. The topological polar surface area (TPSA) is 69.6 Å². The standard InChI is InChI=1S/C14H9ClF3N5.ClH/c15-11-5-8(14(16,17)18)6-20-12(11)13-21-7-22-23(13)10-3-1-9(19)2-4-10;/h1-7H,19H2;1H. The van der Waals surface area contributed by atoms with Gasteiger partial charge in [0.05, 0.1) is 16.3 Å². The number of hydrogen-bond acceptors (Lipinski definition) is 4. The number of pyridine rings is 1. The van der Waals surface area contributed by atoms with Gasteiger partial charge in [-0.2, -0.15) is 18.3 Å². The lowest BCUT2D eigenvalue weighted by Gasteiger charge is -2.10. The van der Waals surface area contributed by atoms with Crippen molar-refractivity contribution in [2.75, 3.05) is 5.73 Å². The second kappa shape index (κ2) is 6.66. The molecule has 2 N–H and O–H groups in total. The average molecular weight is 376 g/mol. The van der Waals surface area contributed by atoms with Gasteiger partial charge in [-0.1, -0.05) is 11.6 Å². The van der Waals surface area contributed by atoms with Crippen molar-refractivity contribution in [3.05, 3.63) is 53.4 Å². The molecule has 3 rings (SSSR count). The molecule has 0 saturated heterocycles. The summed E-state index contributed by atoms with van der Waals surface area (Å²) in [6, 6.07) is 7.55. The molecule has 3 aromatic rings. The minimum atomic E-state index is -4.51.